The van der Waals surface area contributed by atoms with Crippen LogP contribution in [0.2, 0.25) is 0 Å². The van der Waals surface area contributed by atoms with Crippen LogP contribution in [0, 0.1) is 0 Å². The molecule has 0 spiro atoms. The van der Waals surface area contributed by atoms with E-state index in [9.17, 15) is 3.89 Å². The first-order valence-electron chi connectivity index (χ1n) is 1.12. The predicted octanol–water partition coefficient (Wildman–Crippen LogP) is 3.43. The minimum atomic E-state index is -1.96. The molecule has 0 aliphatic carbocycles. The first-order valence-corrected chi connectivity index (χ1v) is 8.91. The van der Waals surface area contributed by atoms with E-state index in [0.29, 0.717) is 0 Å². The summed E-state index contributed by atoms with van der Waals surface area (Å²) in [6.45, 7) is 0. The summed E-state index contributed by atoms with van der Waals surface area (Å²) in [6.07, 6.45) is 0. The molecule has 0 atom stereocenters. The Morgan fingerprint density at radius 1 is 2.00 bits per heavy atom. The third-order valence-electron chi connectivity index (χ3n) is 0.0522. The molecule has 0 amide bonds. The first-order chi connectivity index (χ1) is 2.56. The molecule has 0 unspecified atom stereocenters. The highest BCUT2D eigenvalue weighted by Crippen LogP contribution is 2.65. The standard InChI is InChI=1S/FI2PS/c1-5-4(2)3/p+1/i/hD. The Kier molecular flexibility index (Phi) is 4.60. The van der Waals surface area contributed by atoms with Gasteiger partial charge in [0.2, 0.25) is 14.1 Å². The molecule has 0 rings (SSSR count). The quantitative estimate of drug-likeness (QED) is 0.522. The summed E-state index contributed by atoms with van der Waals surface area (Å²) in [6, 6.07) is 0. The van der Waals surface area contributed by atoms with Crippen molar-refractivity contribution in [3.63, 3.8) is 0 Å². The molecule has 5 heavy (non-hydrogen) atoms. The maximum Gasteiger partial charge on any atom is 0.304 e. The van der Waals surface area contributed by atoms with Crippen LogP contribution in [0.15, 0.2) is 0 Å². The molecule has 32 valence electrons. The molecule has 5 heteroatoms. The third kappa shape index (κ3) is 6.17. The van der Waals surface area contributed by atoms with Gasteiger partial charge in [-0.3, -0.25) is 0 Å². The minimum Gasteiger partial charge on any atom is -0.118 e. The zero-order valence-corrected chi connectivity index (χ0v) is 8.02. The summed E-state index contributed by atoms with van der Waals surface area (Å²) in [7, 11) is 0. The van der Waals surface area contributed by atoms with Crippen LogP contribution in [-0.4, -0.2) is 1.28 Å². The van der Waals surface area contributed by atoms with E-state index in [1.807, 2.05) is 0 Å². The van der Waals surface area contributed by atoms with E-state index in [4.69, 9.17) is 1.28 Å². The van der Waals surface area contributed by atoms with Crippen molar-refractivity contribution in [1.82, 2.24) is 0 Å². The maximum atomic E-state index is 11.3. The number of rotatable bonds is 1. The average Bonchev–Trinajstić information content (AvgIpc) is 1.35. The predicted molar refractivity (Wildman–Crippen MR) is 45.1 cm³/mol. The molecule has 0 saturated carbocycles. The Morgan fingerprint density at radius 2 is 2.20 bits per heavy atom. The largest absolute Gasteiger partial charge is 0.304 e. The van der Waals surface area contributed by atoms with Crippen LogP contribution >= 0.6 is 58.2 Å². The Morgan fingerprint density at radius 3 is 2.20 bits per heavy atom. The summed E-state index contributed by atoms with van der Waals surface area (Å²) in [5.74, 6) is 0. The normalized spacial score (nSPS) is 14.6. The van der Waals surface area contributed by atoms with Crippen molar-refractivity contribution in [1.29, 1.82) is 1.28 Å². The summed E-state index contributed by atoms with van der Waals surface area (Å²) in [5.41, 5.74) is 0. The molecule has 0 bridgehead atoms. The lowest BCUT2D eigenvalue weighted by molar-refractivity contribution is 0.953. The Hall–Kier alpha value is 2.17. The number of halogens is 3. The van der Waals surface area contributed by atoms with Crippen molar-refractivity contribution < 1.29 is 3.89 Å². The fourth-order valence-corrected chi connectivity index (χ4v) is 0. The van der Waals surface area contributed by atoms with Crippen LogP contribution < -0.4 is 0 Å². The molecule has 0 aliphatic heterocycles. The van der Waals surface area contributed by atoms with Crippen LogP contribution in [0.3, 0.4) is 0 Å². The van der Waals surface area contributed by atoms with Crippen molar-refractivity contribution in [3.05, 3.63) is 0 Å². The van der Waals surface area contributed by atoms with Crippen molar-refractivity contribution in [2.24, 2.45) is 0 Å². The number of hydrogen-bond acceptors (Lipinski definition) is 1. The highest BCUT2D eigenvalue weighted by atomic mass is 127. The lowest BCUT2D eigenvalue weighted by Crippen LogP contribution is -1.09. The molecule has 0 nitrogen and oxygen atoms in total. The van der Waals surface area contributed by atoms with Gasteiger partial charge in [-0.1, -0.05) is 0 Å². The Balaban J connectivity index is 3.17. The van der Waals surface area contributed by atoms with Gasteiger partial charge in [-0.25, -0.2) is 0 Å². The van der Waals surface area contributed by atoms with Gasteiger partial charge in [0, 0.05) is 0 Å². The first kappa shape index (κ1) is 5.31. The molecular weight excluding hydrogens is 336 g/mol. The van der Waals surface area contributed by atoms with E-state index < -0.39 is 2.35 Å². The van der Waals surface area contributed by atoms with Crippen LogP contribution in [0.4, 0.5) is 3.89 Å². The topological polar surface area (TPSA) is 0 Å². The fraction of sp³-hybridized carbons (Fsp3) is 0. The zero-order valence-electron chi connectivity index (χ0n) is 2.99. The maximum absolute atomic E-state index is 11.3. The SMILES string of the molecule is [2H][P+](I)(I)SF. The van der Waals surface area contributed by atoms with Gasteiger partial charge in [0.15, 0.2) is 44.1 Å². The van der Waals surface area contributed by atoms with E-state index in [-0.39, 0.29) is 11.8 Å². The van der Waals surface area contributed by atoms with Gasteiger partial charge >= 0.3 is 1.28 Å². The molecule has 0 aromatic rings. The smallest absolute Gasteiger partial charge is 0.118 e. The van der Waals surface area contributed by atoms with Gasteiger partial charge in [-0.15, -0.1) is 3.89 Å². The Bertz CT molecular complexity index is 43.3. The van der Waals surface area contributed by atoms with E-state index in [0.717, 1.165) is 0 Å². The second-order valence-corrected chi connectivity index (χ2v) is 17.6. The molecule has 0 radical (unpaired) electrons. The van der Waals surface area contributed by atoms with Gasteiger partial charge in [-0.05, 0) is 0 Å². The lowest BCUT2D eigenvalue weighted by Gasteiger charge is -1.66. The second-order valence-electron chi connectivity index (χ2n) is 0.271. The van der Waals surface area contributed by atoms with Gasteiger partial charge in [0.05, 0.1) is 0 Å². The monoisotopic (exact) mass is 338 g/mol. The molecule has 0 aliphatic rings. The summed E-state index contributed by atoms with van der Waals surface area (Å²) in [4.78, 5) is 0. The van der Waals surface area contributed by atoms with Crippen LogP contribution in [0.1, 0.15) is 0 Å². The molecular formula is HFI2PS+. The molecule has 0 N–H and O–H groups in total. The minimum absolute atomic E-state index is 0.133. The molecule has 0 aromatic carbocycles. The van der Waals surface area contributed by atoms with Crippen LogP contribution in [0.5, 0.6) is 0 Å². The van der Waals surface area contributed by atoms with Gasteiger partial charge in [0.25, 0.3) is 0 Å². The molecule has 0 fully saturated rings. The molecule has 0 heterocycles. The molecule has 0 saturated heterocycles. The number of hydrogen-bond donors (Lipinski definition) is 0. The van der Waals surface area contributed by atoms with E-state index >= 15 is 0 Å². The Labute approximate surface area is 62.7 Å². The summed E-state index contributed by atoms with van der Waals surface area (Å²) in [5, 5.41) is 0. The van der Waals surface area contributed by atoms with Crippen molar-refractivity contribution in [2.45, 2.75) is 0 Å². The van der Waals surface area contributed by atoms with Crippen molar-refractivity contribution in [2.75, 3.05) is 0 Å². The summed E-state index contributed by atoms with van der Waals surface area (Å²) < 4.78 is 16.2. The third-order valence-corrected chi connectivity index (χ3v) is 3.15. The van der Waals surface area contributed by atoms with E-state index in [1.54, 1.807) is 44.1 Å². The highest BCUT2D eigenvalue weighted by molar-refractivity contribution is 14.3. The van der Waals surface area contributed by atoms with Gasteiger partial charge in [-0.2, -0.15) is 0 Å². The van der Waals surface area contributed by atoms with Crippen molar-refractivity contribution in [3.8, 4) is 0 Å². The van der Waals surface area contributed by atoms with Gasteiger partial charge < -0.3 is 0 Å². The van der Waals surface area contributed by atoms with Crippen LogP contribution in [-0.2, 0) is 0 Å². The lowest BCUT2D eigenvalue weighted by atomic mass is 18.9. The zero-order chi connectivity index (χ0) is 5.21. The average molecular weight is 338 g/mol. The van der Waals surface area contributed by atoms with E-state index in [2.05, 4.69) is 0 Å². The van der Waals surface area contributed by atoms with Crippen LogP contribution in [0.25, 0.3) is 0 Å². The van der Waals surface area contributed by atoms with Gasteiger partial charge in [0.1, 0.15) is 0 Å². The fourth-order valence-electron chi connectivity index (χ4n) is 0. The highest BCUT2D eigenvalue weighted by Gasteiger charge is 2.04. The second kappa shape index (κ2) is 4.33. The van der Waals surface area contributed by atoms with Crippen molar-refractivity contribution >= 4 is 58.2 Å². The molecule has 0 aromatic heterocycles. The van der Waals surface area contributed by atoms with E-state index in [1.165, 1.54) is 0 Å². The summed E-state index contributed by atoms with van der Waals surface area (Å²) >= 11 is 3.72.